The van der Waals surface area contributed by atoms with Gasteiger partial charge in [0.05, 0.1) is 15.7 Å². The van der Waals surface area contributed by atoms with Gasteiger partial charge in [-0.2, -0.15) is 0 Å². The summed E-state index contributed by atoms with van der Waals surface area (Å²) in [5, 5.41) is 9.04. The van der Waals surface area contributed by atoms with Crippen molar-refractivity contribution in [2.45, 2.75) is 32.1 Å². The SMILES string of the molecule is O=C(O)c1ccc(N2CCC3CCCCC3C2)c(F)c1Br. The van der Waals surface area contributed by atoms with Crippen molar-refractivity contribution in [1.29, 1.82) is 0 Å². The first-order valence-electron chi connectivity index (χ1n) is 7.54. The second-order valence-electron chi connectivity index (χ2n) is 6.10. The molecule has 0 aromatic heterocycles. The Kier molecular flexibility index (Phi) is 4.20. The molecule has 1 N–H and O–H groups in total. The van der Waals surface area contributed by atoms with Gasteiger partial charge in [-0.15, -0.1) is 0 Å². The molecule has 0 amide bonds. The number of carboxylic acid groups (broad SMARTS) is 1. The lowest BCUT2D eigenvalue weighted by Crippen LogP contribution is -2.42. The van der Waals surface area contributed by atoms with Gasteiger partial charge in [0.2, 0.25) is 0 Å². The predicted octanol–water partition coefficient (Wildman–Crippen LogP) is 4.30. The van der Waals surface area contributed by atoms with Crippen LogP contribution in [0.15, 0.2) is 16.6 Å². The summed E-state index contributed by atoms with van der Waals surface area (Å²) in [6, 6.07) is 3.09. The van der Waals surface area contributed by atoms with Crippen LogP contribution in [0, 0.1) is 17.7 Å². The summed E-state index contributed by atoms with van der Waals surface area (Å²) in [7, 11) is 0. The second-order valence-corrected chi connectivity index (χ2v) is 6.90. The standard InChI is InChI=1S/C16H19BrFNO2/c17-14-12(16(20)21)5-6-13(15(14)18)19-8-7-10-3-1-2-4-11(10)9-19/h5-6,10-11H,1-4,7-9H2,(H,20,21). The molecule has 0 radical (unpaired) electrons. The first-order valence-corrected chi connectivity index (χ1v) is 8.33. The maximum absolute atomic E-state index is 14.5. The molecule has 3 nitrogen and oxygen atoms in total. The van der Waals surface area contributed by atoms with E-state index in [2.05, 4.69) is 20.8 Å². The highest BCUT2D eigenvalue weighted by atomic mass is 79.9. The zero-order valence-electron chi connectivity index (χ0n) is 11.8. The van der Waals surface area contributed by atoms with Gasteiger partial charge in [0, 0.05) is 13.1 Å². The topological polar surface area (TPSA) is 40.5 Å². The van der Waals surface area contributed by atoms with Gasteiger partial charge < -0.3 is 10.0 Å². The first-order chi connectivity index (χ1) is 10.1. The average molecular weight is 356 g/mol. The van der Waals surface area contributed by atoms with Crippen LogP contribution in [0.3, 0.4) is 0 Å². The van der Waals surface area contributed by atoms with Gasteiger partial charge in [-0.25, -0.2) is 9.18 Å². The molecule has 21 heavy (non-hydrogen) atoms. The number of aromatic carboxylic acids is 1. The molecule has 114 valence electrons. The van der Waals surface area contributed by atoms with E-state index < -0.39 is 11.8 Å². The molecule has 1 aromatic carbocycles. The zero-order valence-corrected chi connectivity index (χ0v) is 13.4. The van der Waals surface area contributed by atoms with Gasteiger partial charge in [-0.1, -0.05) is 19.3 Å². The maximum Gasteiger partial charge on any atom is 0.336 e. The molecule has 1 heterocycles. The van der Waals surface area contributed by atoms with Gasteiger partial charge in [0.15, 0.2) is 5.82 Å². The van der Waals surface area contributed by atoms with Crippen molar-refractivity contribution in [2.75, 3.05) is 18.0 Å². The van der Waals surface area contributed by atoms with Crippen molar-refractivity contribution in [2.24, 2.45) is 11.8 Å². The summed E-state index contributed by atoms with van der Waals surface area (Å²) in [5.74, 6) is -0.118. The Balaban J connectivity index is 1.84. The number of nitrogens with zero attached hydrogens (tertiary/aromatic N) is 1. The summed E-state index contributed by atoms with van der Waals surface area (Å²) >= 11 is 3.08. The van der Waals surface area contributed by atoms with Crippen molar-refractivity contribution in [1.82, 2.24) is 0 Å². The third-order valence-electron chi connectivity index (χ3n) is 4.92. The van der Waals surface area contributed by atoms with Gasteiger partial charge in [-0.3, -0.25) is 0 Å². The van der Waals surface area contributed by atoms with Gasteiger partial charge in [0.1, 0.15) is 0 Å². The molecule has 0 bridgehead atoms. The van der Waals surface area contributed by atoms with E-state index in [1.807, 2.05) is 0 Å². The quantitative estimate of drug-likeness (QED) is 0.859. The molecule has 2 fully saturated rings. The molecule has 1 aliphatic carbocycles. The van der Waals surface area contributed by atoms with Crippen molar-refractivity contribution in [3.8, 4) is 0 Å². The van der Waals surface area contributed by atoms with Crippen molar-refractivity contribution in [3.63, 3.8) is 0 Å². The van der Waals surface area contributed by atoms with Crippen LogP contribution in [0.4, 0.5) is 10.1 Å². The monoisotopic (exact) mass is 355 g/mol. The maximum atomic E-state index is 14.5. The Hall–Kier alpha value is -1.10. The number of carbonyl (C=O) groups is 1. The van der Waals surface area contributed by atoms with Crippen LogP contribution in [-0.4, -0.2) is 24.2 Å². The third kappa shape index (κ3) is 2.80. The Labute approximate surface area is 132 Å². The van der Waals surface area contributed by atoms with Crippen LogP contribution in [0.25, 0.3) is 0 Å². The minimum Gasteiger partial charge on any atom is -0.478 e. The molecule has 3 rings (SSSR count). The van der Waals surface area contributed by atoms with Gasteiger partial charge in [0.25, 0.3) is 0 Å². The largest absolute Gasteiger partial charge is 0.478 e. The average Bonchev–Trinajstić information content (AvgIpc) is 2.49. The number of halogens is 2. The zero-order chi connectivity index (χ0) is 15.0. The summed E-state index contributed by atoms with van der Waals surface area (Å²) in [6.45, 7) is 1.75. The van der Waals surface area contributed by atoms with Crippen LogP contribution in [-0.2, 0) is 0 Å². The molecule has 2 aliphatic rings. The number of rotatable bonds is 2. The third-order valence-corrected chi connectivity index (χ3v) is 5.70. The summed E-state index contributed by atoms with van der Waals surface area (Å²) in [5.41, 5.74) is 0.500. The van der Waals surface area contributed by atoms with Crippen LogP contribution in [0.5, 0.6) is 0 Å². The summed E-state index contributed by atoms with van der Waals surface area (Å²) in [6.07, 6.45) is 6.26. The smallest absolute Gasteiger partial charge is 0.336 e. The first kappa shape index (κ1) is 14.8. The molecule has 2 unspecified atom stereocenters. The molecular weight excluding hydrogens is 337 g/mol. The highest BCUT2D eigenvalue weighted by Gasteiger charge is 2.32. The van der Waals surface area contributed by atoms with Gasteiger partial charge >= 0.3 is 5.97 Å². The normalized spacial score (nSPS) is 25.5. The molecule has 0 spiro atoms. The lowest BCUT2D eigenvalue weighted by molar-refractivity contribution is 0.0695. The number of fused-ring (bicyclic) bond motifs is 1. The number of hydrogen-bond donors (Lipinski definition) is 1. The van der Waals surface area contributed by atoms with Crippen molar-refractivity contribution < 1.29 is 14.3 Å². The Morgan fingerprint density at radius 3 is 2.67 bits per heavy atom. The molecule has 1 aromatic rings. The van der Waals surface area contributed by atoms with E-state index >= 15 is 0 Å². The van der Waals surface area contributed by atoms with Crippen LogP contribution in [0.1, 0.15) is 42.5 Å². The van der Waals surface area contributed by atoms with E-state index in [-0.39, 0.29) is 10.0 Å². The van der Waals surface area contributed by atoms with E-state index in [4.69, 9.17) is 5.11 Å². The fourth-order valence-corrected chi connectivity index (χ4v) is 4.27. The number of carboxylic acids is 1. The lowest BCUT2D eigenvalue weighted by atomic mass is 9.75. The highest BCUT2D eigenvalue weighted by molar-refractivity contribution is 9.10. The van der Waals surface area contributed by atoms with Crippen LogP contribution < -0.4 is 4.90 Å². The highest BCUT2D eigenvalue weighted by Crippen LogP contribution is 2.39. The number of anilines is 1. The molecule has 2 atom stereocenters. The molecule has 1 saturated carbocycles. The molecule has 5 heteroatoms. The fraction of sp³-hybridized carbons (Fsp3) is 0.562. The summed E-state index contributed by atoms with van der Waals surface area (Å²) < 4.78 is 14.5. The van der Waals surface area contributed by atoms with Gasteiger partial charge in [-0.05, 0) is 52.7 Å². The predicted molar refractivity (Wildman–Crippen MR) is 83.3 cm³/mol. The van der Waals surface area contributed by atoms with E-state index in [1.54, 1.807) is 6.07 Å². The molecular formula is C16H19BrFNO2. The minimum atomic E-state index is -1.11. The van der Waals surface area contributed by atoms with E-state index in [0.717, 1.165) is 25.4 Å². The number of benzene rings is 1. The molecule has 1 aliphatic heterocycles. The molecule has 1 saturated heterocycles. The number of piperidine rings is 1. The Morgan fingerprint density at radius 2 is 1.95 bits per heavy atom. The summed E-state index contributed by atoms with van der Waals surface area (Å²) in [4.78, 5) is 13.1. The second kappa shape index (κ2) is 5.95. The van der Waals surface area contributed by atoms with Crippen molar-refractivity contribution >= 4 is 27.6 Å². The Morgan fingerprint density at radius 1 is 1.24 bits per heavy atom. The number of hydrogen-bond acceptors (Lipinski definition) is 2. The van der Waals surface area contributed by atoms with E-state index in [9.17, 15) is 9.18 Å². The fourth-order valence-electron chi connectivity index (χ4n) is 3.77. The van der Waals surface area contributed by atoms with E-state index in [1.165, 1.54) is 31.7 Å². The Bertz CT molecular complexity index is 563. The van der Waals surface area contributed by atoms with Crippen LogP contribution >= 0.6 is 15.9 Å². The van der Waals surface area contributed by atoms with Crippen molar-refractivity contribution in [3.05, 3.63) is 28.0 Å². The lowest BCUT2D eigenvalue weighted by Gasteiger charge is -2.42. The van der Waals surface area contributed by atoms with E-state index in [0.29, 0.717) is 11.6 Å². The van der Waals surface area contributed by atoms with Crippen LogP contribution in [0.2, 0.25) is 0 Å². The minimum absolute atomic E-state index is 0.0243.